The summed E-state index contributed by atoms with van der Waals surface area (Å²) in [7, 11) is 0. The fourth-order valence-electron chi connectivity index (χ4n) is 6.51. The van der Waals surface area contributed by atoms with E-state index in [2.05, 4.69) is 157 Å². The van der Waals surface area contributed by atoms with Crippen molar-refractivity contribution in [2.24, 2.45) is 5.92 Å². The number of thiophene rings is 1. The number of fused-ring (bicyclic) bond motifs is 3. The van der Waals surface area contributed by atoms with E-state index in [1.165, 1.54) is 54.2 Å². The van der Waals surface area contributed by atoms with Gasteiger partial charge in [-0.05, 0) is 64.1 Å². The maximum Gasteiger partial charge on any atom is 0.147 e. The van der Waals surface area contributed by atoms with Crippen LogP contribution in [0.15, 0.2) is 139 Å². The Morgan fingerprint density at radius 2 is 1.32 bits per heavy atom. The summed E-state index contributed by atoms with van der Waals surface area (Å²) < 4.78 is 3.68. The maximum atomic E-state index is 5.36. The molecule has 2 nitrogen and oxygen atoms in total. The van der Waals surface area contributed by atoms with Crippen LogP contribution >= 0.6 is 11.3 Å². The van der Waals surface area contributed by atoms with Crippen molar-refractivity contribution in [3.8, 4) is 39.3 Å². The molecule has 8 aromatic rings. The Kier molecular flexibility index (Phi) is 6.61. The van der Waals surface area contributed by atoms with Crippen molar-refractivity contribution in [3.05, 3.63) is 144 Å². The van der Waals surface area contributed by atoms with Crippen LogP contribution in [-0.2, 0) is 6.42 Å². The fourth-order valence-corrected chi connectivity index (χ4v) is 7.48. The lowest BCUT2D eigenvalue weighted by Crippen LogP contribution is -2.03. The molecule has 0 fully saturated rings. The van der Waals surface area contributed by atoms with Crippen LogP contribution in [0.4, 0.5) is 0 Å². The van der Waals surface area contributed by atoms with E-state index in [1.807, 2.05) is 0 Å². The molecule has 0 spiro atoms. The second-order valence-electron chi connectivity index (χ2n) is 12.0. The molecule has 0 aliphatic carbocycles. The zero-order chi connectivity index (χ0) is 29.6. The van der Waals surface area contributed by atoms with Crippen molar-refractivity contribution in [3.63, 3.8) is 0 Å². The van der Waals surface area contributed by atoms with Crippen molar-refractivity contribution >= 4 is 43.2 Å². The van der Waals surface area contributed by atoms with Gasteiger partial charge in [0.05, 0.1) is 16.7 Å². The molecular weight excluding hydrogens is 553 g/mol. The summed E-state index contributed by atoms with van der Waals surface area (Å²) in [5, 5.41) is 6.11. The summed E-state index contributed by atoms with van der Waals surface area (Å²) in [5.74, 6) is 1.59. The smallest absolute Gasteiger partial charge is 0.147 e. The predicted octanol–water partition coefficient (Wildman–Crippen LogP) is 11.6. The first kappa shape index (κ1) is 26.6. The van der Waals surface area contributed by atoms with Crippen molar-refractivity contribution in [2.75, 3.05) is 0 Å². The lowest BCUT2D eigenvalue weighted by atomic mass is 9.95. The first-order valence-electron chi connectivity index (χ1n) is 15.3. The third-order valence-electron chi connectivity index (χ3n) is 8.47. The van der Waals surface area contributed by atoms with Crippen LogP contribution in [0.3, 0.4) is 0 Å². The Labute approximate surface area is 261 Å². The van der Waals surface area contributed by atoms with Gasteiger partial charge in [-0.2, -0.15) is 0 Å². The molecule has 0 bridgehead atoms. The first-order valence-corrected chi connectivity index (χ1v) is 16.2. The highest BCUT2D eigenvalue weighted by molar-refractivity contribution is 7.17. The fraction of sp³-hybridized carbons (Fsp3) is 0.0976. The molecule has 44 heavy (non-hydrogen) atoms. The van der Waals surface area contributed by atoms with Gasteiger partial charge in [-0.3, -0.25) is 4.57 Å². The van der Waals surface area contributed by atoms with Gasteiger partial charge in [0, 0.05) is 32.2 Å². The second kappa shape index (κ2) is 10.9. The van der Waals surface area contributed by atoms with Gasteiger partial charge in [0.2, 0.25) is 0 Å². The third-order valence-corrected chi connectivity index (χ3v) is 9.42. The molecular formula is C41H32N2S. The Bertz CT molecular complexity index is 2220. The minimum Gasteiger partial charge on any atom is -0.291 e. The lowest BCUT2D eigenvalue weighted by molar-refractivity contribution is 0.648. The summed E-state index contributed by atoms with van der Waals surface area (Å²) in [5.41, 5.74) is 10.5. The topological polar surface area (TPSA) is 17.8 Å². The molecule has 0 aliphatic rings. The van der Waals surface area contributed by atoms with E-state index in [9.17, 15) is 0 Å². The van der Waals surface area contributed by atoms with Gasteiger partial charge in [-0.1, -0.05) is 123 Å². The Hall–Kier alpha value is -4.99. The second-order valence-corrected chi connectivity index (χ2v) is 12.9. The molecule has 2 heterocycles. The van der Waals surface area contributed by atoms with Gasteiger partial charge in [0.1, 0.15) is 5.82 Å². The monoisotopic (exact) mass is 584 g/mol. The molecule has 0 saturated heterocycles. The largest absolute Gasteiger partial charge is 0.291 e. The van der Waals surface area contributed by atoms with E-state index >= 15 is 0 Å². The number of imidazole rings is 1. The first-order chi connectivity index (χ1) is 21.6. The Morgan fingerprint density at radius 1 is 0.636 bits per heavy atom. The van der Waals surface area contributed by atoms with E-state index in [-0.39, 0.29) is 0 Å². The van der Waals surface area contributed by atoms with Gasteiger partial charge in [0.25, 0.3) is 0 Å². The minimum absolute atomic E-state index is 0.622. The van der Waals surface area contributed by atoms with Gasteiger partial charge < -0.3 is 0 Å². The Morgan fingerprint density at radius 3 is 2.02 bits per heavy atom. The summed E-state index contributed by atoms with van der Waals surface area (Å²) >= 11 is 1.80. The average molecular weight is 585 g/mol. The molecule has 0 saturated carbocycles. The lowest BCUT2D eigenvalue weighted by Gasteiger charge is -2.19. The molecule has 8 rings (SSSR count). The highest BCUT2D eigenvalue weighted by Gasteiger charge is 2.23. The summed E-state index contributed by atoms with van der Waals surface area (Å²) in [4.78, 5) is 5.36. The van der Waals surface area contributed by atoms with Crippen molar-refractivity contribution in [2.45, 2.75) is 20.3 Å². The van der Waals surface area contributed by atoms with Crippen molar-refractivity contribution < 1.29 is 0 Å². The van der Waals surface area contributed by atoms with Crippen molar-refractivity contribution in [1.29, 1.82) is 0 Å². The standard InChI is InChI=1S/C41H32N2S/c1-27(2)22-28-20-21-31-25-39-35(24-32(31)23-28)36(26-44-39)41-42-37-18-9-10-19-38(37)43(41)40-33(29-12-5-3-6-13-29)16-11-17-34(40)30-14-7-4-8-15-30/h3-21,23-27H,22H2,1-2H3. The number of hydrogen-bond donors (Lipinski definition) is 0. The van der Waals surface area contributed by atoms with Gasteiger partial charge in [-0.15, -0.1) is 11.3 Å². The minimum atomic E-state index is 0.622. The normalized spacial score (nSPS) is 11.7. The van der Waals surface area contributed by atoms with Crippen LogP contribution in [-0.4, -0.2) is 9.55 Å². The number of benzene rings is 6. The zero-order valence-corrected chi connectivity index (χ0v) is 25.7. The summed E-state index contributed by atoms with van der Waals surface area (Å²) in [6, 6.07) is 48.3. The maximum absolute atomic E-state index is 5.36. The van der Waals surface area contributed by atoms with E-state index in [0.29, 0.717) is 5.92 Å². The van der Waals surface area contributed by atoms with Crippen LogP contribution in [0.25, 0.3) is 71.2 Å². The van der Waals surface area contributed by atoms with Crippen LogP contribution in [0, 0.1) is 5.92 Å². The quantitative estimate of drug-likeness (QED) is 0.190. The zero-order valence-electron chi connectivity index (χ0n) is 24.9. The van der Waals surface area contributed by atoms with E-state index < -0.39 is 0 Å². The highest BCUT2D eigenvalue weighted by Crippen LogP contribution is 2.43. The van der Waals surface area contributed by atoms with E-state index in [0.717, 1.165) is 29.0 Å². The molecule has 0 atom stereocenters. The molecule has 3 heteroatoms. The third kappa shape index (κ3) is 4.61. The van der Waals surface area contributed by atoms with Gasteiger partial charge in [-0.25, -0.2) is 4.98 Å². The molecule has 0 N–H and O–H groups in total. The molecule has 2 aromatic heterocycles. The highest BCUT2D eigenvalue weighted by atomic mass is 32.1. The van der Waals surface area contributed by atoms with Crippen molar-refractivity contribution in [1.82, 2.24) is 9.55 Å². The number of para-hydroxylation sites is 3. The predicted molar refractivity (Wildman–Crippen MR) is 189 cm³/mol. The van der Waals surface area contributed by atoms with Crippen LogP contribution in [0.5, 0.6) is 0 Å². The van der Waals surface area contributed by atoms with E-state index in [4.69, 9.17) is 4.98 Å². The molecule has 0 unspecified atom stereocenters. The number of rotatable bonds is 6. The number of hydrogen-bond acceptors (Lipinski definition) is 2. The number of aromatic nitrogens is 2. The molecule has 0 amide bonds. The summed E-state index contributed by atoms with van der Waals surface area (Å²) in [6.07, 6.45) is 1.08. The number of nitrogens with zero attached hydrogens (tertiary/aromatic N) is 2. The van der Waals surface area contributed by atoms with Crippen LogP contribution in [0.2, 0.25) is 0 Å². The Balaban J connectivity index is 1.44. The SMILES string of the molecule is CC(C)Cc1ccc2cc3scc(-c4nc5ccccc5n4-c4c(-c5ccccc5)cccc4-c4ccccc4)c3cc2c1. The van der Waals surface area contributed by atoms with Gasteiger partial charge in [0.15, 0.2) is 0 Å². The molecule has 6 aromatic carbocycles. The van der Waals surface area contributed by atoms with Gasteiger partial charge >= 0.3 is 0 Å². The molecule has 0 aliphatic heterocycles. The summed E-state index contributed by atoms with van der Waals surface area (Å²) in [6.45, 7) is 4.57. The molecule has 0 radical (unpaired) electrons. The average Bonchev–Trinajstić information content (AvgIpc) is 3.64. The molecule has 212 valence electrons. The van der Waals surface area contributed by atoms with E-state index in [1.54, 1.807) is 11.3 Å². The van der Waals surface area contributed by atoms with Crippen LogP contribution in [0.1, 0.15) is 19.4 Å². The van der Waals surface area contributed by atoms with Crippen LogP contribution < -0.4 is 0 Å².